The molecule has 0 saturated heterocycles. The molecule has 0 radical (unpaired) electrons. The van der Waals surface area contributed by atoms with E-state index in [-0.39, 0.29) is 18.1 Å². The Kier molecular flexibility index (Phi) is 6.71. The van der Waals surface area contributed by atoms with Gasteiger partial charge in [0.25, 0.3) is 0 Å². The largest absolute Gasteiger partial charge is 0.497 e. The Hall–Kier alpha value is -2.67. The normalized spacial score (nSPS) is 10.6. The van der Waals surface area contributed by atoms with Crippen molar-refractivity contribution in [3.05, 3.63) is 42.5 Å². The number of alkyl halides is 2. The molecule has 0 aliphatic rings. The highest BCUT2D eigenvalue weighted by Crippen LogP contribution is 2.34. The van der Waals surface area contributed by atoms with Crippen molar-refractivity contribution >= 4 is 11.6 Å². The maximum absolute atomic E-state index is 12.7. The van der Waals surface area contributed by atoms with E-state index in [0.29, 0.717) is 29.2 Å². The molecule has 0 aliphatic carbocycles. The number of rotatable bonds is 8. The van der Waals surface area contributed by atoms with Gasteiger partial charge in [0.05, 0.1) is 20.1 Å². The van der Waals surface area contributed by atoms with Gasteiger partial charge in [-0.2, -0.15) is 8.78 Å². The zero-order chi connectivity index (χ0) is 18.2. The molecule has 0 aliphatic heterocycles. The minimum absolute atomic E-state index is 0.0232. The first-order chi connectivity index (χ1) is 12.0. The zero-order valence-electron chi connectivity index (χ0n) is 13.9. The van der Waals surface area contributed by atoms with Crippen molar-refractivity contribution in [2.45, 2.75) is 13.0 Å². The second-order valence-corrected chi connectivity index (χ2v) is 5.11. The van der Waals surface area contributed by atoms with Crippen LogP contribution in [0.4, 0.5) is 14.5 Å². The van der Waals surface area contributed by atoms with Gasteiger partial charge in [0.1, 0.15) is 11.5 Å². The van der Waals surface area contributed by atoms with Crippen LogP contribution in [0, 0.1) is 0 Å². The first-order valence-electron chi connectivity index (χ1n) is 7.55. The molecule has 0 saturated carbocycles. The summed E-state index contributed by atoms with van der Waals surface area (Å²) in [5.41, 5.74) is 1.57. The van der Waals surface area contributed by atoms with Gasteiger partial charge < -0.3 is 19.5 Å². The van der Waals surface area contributed by atoms with Crippen molar-refractivity contribution in [1.29, 1.82) is 0 Å². The summed E-state index contributed by atoms with van der Waals surface area (Å²) < 4.78 is 39.8. The molecule has 0 aromatic heterocycles. The van der Waals surface area contributed by atoms with E-state index in [4.69, 9.17) is 9.47 Å². The van der Waals surface area contributed by atoms with Crippen molar-refractivity contribution in [1.82, 2.24) is 0 Å². The van der Waals surface area contributed by atoms with Crippen LogP contribution in [-0.2, 0) is 9.53 Å². The summed E-state index contributed by atoms with van der Waals surface area (Å²) in [5, 5.41) is 2.70. The van der Waals surface area contributed by atoms with Crippen LogP contribution in [0.2, 0.25) is 0 Å². The fourth-order valence-electron chi connectivity index (χ4n) is 2.22. The molecule has 0 spiro atoms. The Morgan fingerprint density at radius 3 is 2.44 bits per heavy atom. The number of hydrogen-bond donors (Lipinski definition) is 1. The molecule has 1 amide bonds. The van der Waals surface area contributed by atoms with E-state index in [0.717, 1.165) is 0 Å². The number of methoxy groups -OCH3 is 2. The molecule has 2 aromatic carbocycles. The molecule has 25 heavy (non-hydrogen) atoms. The molecule has 0 atom stereocenters. The molecule has 0 unspecified atom stereocenters. The first-order valence-corrected chi connectivity index (χ1v) is 7.55. The lowest BCUT2D eigenvalue weighted by atomic mass is 10.0. The number of anilines is 1. The number of amides is 1. The van der Waals surface area contributed by atoms with E-state index in [2.05, 4.69) is 10.1 Å². The van der Waals surface area contributed by atoms with Crippen molar-refractivity contribution in [2.24, 2.45) is 0 Å². The molecule has 0 bridgehead atoms. The maximum Gasteiger partial charge on any atom is 0.387 e. The molecular weight excluding hydrogens is 332 g/mol. The fourth-order valence-corrected chi connectivity index (χ4v) is 2.22. The summed E-state index contributed by atoms with van der Waals surface area (Å²) in [6, 6.07) is 11.4. The van der Waals surface area contributed by atoms with Crippen LogP contribution in [0.3, 0.4) is 0 Å². The predicted molar refractivity (Wildman–Crippen MR) is 90.2 cm³/mol. The lowest BCUT2D eigenvalue weighted by molar-refractivity contribution is -0.117. The summed E-state index contributed by atoms with van der Waals surface area (Å²) in [4.78, 5) is 11.8. The van der Waals surface area contributed by atoms with Crippen LogP contribution < -0.4 is 14.8 Å². The third kappa shape index (κ3) is 5.42. The van der Waals surface area contributed by atoms with Crippen molar-refractivity contribution in [2.75, 3.05) is 26.1 Å². The average molecular weight is 351 g/mol. The quantitative estimate of drug-likeness (QED) is 0.783. The molecule has 1 N–H and O–H groups in total. The number of ether oxygens (including phenoxy) is 3. The van der Waals surface area contributed by atoms with Crippen LogP contribution in [0.1, 0.15) is 6.42 Å². The molecule has 0 fully saturated rings. The Morgan fingerprint density at radius 2 is 1.84 bits per heavy atom. The Morgan fingerprint density at radius 1 is 1.12 bits per heavy atom. The minimum atomic E-state index is -2.95. The van der Waals surface area contributed by atoms with E-state index >= 15 is 0 Å². The van der Waals surface area contributed by atoms with Crippen LogP contribution in [0.5, 0.6) is 11.5 Å². The predicted octanol–water partition coefficient (Wildman–Crippen LogP) is 3.94. The Bertz CT molecular complexity index is 705. The van der Waals surface area contributed by atoms with E-state index in [1.807, 2.05) is 0 Å². The van der Waals surface area contributed by atoms with Crippen LogP contribution in [0.25, 0.3) is 11.1 Å². The summed E-state index contributed by atoms with van der Waals surface area (Å²) in [5.74, 6) is 0.434. The molecule has 134 valence electrons. The molecule has 2 rings (SSSR count). The highest BCUT2D eigenvalue weighted by Gasteiger charge is 2.13. The second kappa shape index (κ2) is 8.98. The van der Waals surface area contributed by atoms with E-state index in [1.165, 1.54) is 26.4 Å². The third-order valence-corrected chi connectivity index (χ3v) is 3.41. The van der Waals surface area contributed by atoms with Gasteiger partial charge in [0.15, 0.2) is 0 Å². The van der Waals surface area contributed by atoms with E-state index < -0.39 is 6.61 Å². The summed E-state index contributed by atoms with van der Waals surface area (Å²) in [6.07, 6.45) is 0.198. The number of halogens is 2. The number of carbonyl (C=O) groups is 1. The highest BCUT2D eigenvalue weighted by atomic mass is 19.3. The van der Waals surface area contributed by atoms with Gasteiger partial charge in [0.2, 0.25) is 5.91 Å². The van der Waals surface area contributed by atoms with Crippen molar-refractivity contribution in [3.63, 3.8) is 0 Å². The number of hydrogen-bond acceptors (Lipinski definition) is 4. The zero-order valence-corrected chi connectivity index (χ0v) is 13.9. The van der Waals surface area contributed by atoms with Crippen molar-refractivity contribution in [3.8, 4) is 22.6 Å². The average Bonchev–Trinajstić information content (AvgIpc) is 2.61. The Labute approximate surface area is 144 Å². The maximum atomic E-state index is 12.7. The Balaban J connectivity index is 2.31. The number of carbonyl (C=O) groups excluding carboxylic acids is 1. The lowest BCUT2D eigenvalue weighted by Crippen LogP contribution is -2.13. The first kappa shape index (κ1) is 18.7. The fraction of sp³-hybridized carbons (Fsp3) is 0.278. The monoisotopic (exact) mass is 351 g/mol. The van der Waals surface area contributed by atoms with E-state index in [1.54, 1.807) is 30.3 Å². The van der Waals surface area contributed by atoms with Crippen LogP contribution in [0.15, 0.2) is 42.5 Å². The number of nitrogens with one attached hydrogen (secondary N) is 1. The summed E-state index contributed by atoms with van der Waals surface area (Å²) in [6.45, 7) is -2.65. The molecular formula is C18H19F2NO4. The summed E-state index contributed by atoms with van der Waals surface area (Å²) >= 11 is 0. The third-order valence-electron chi connectivity index (χ3n) is 3.41. The van der Waals surface area contributed by atoms with E-state index in [9.17, 15) is 13.6 Å². The number of benzene rings is 2. The molecule has 7 heteroatoms. The molecule has 5 nitrogen and oxygen atoms in total. The smallest absolute Gasteiger partial charge is 0.387 e. The van der Waals surface area contributed by atoms with Gasteiger partial charge >= 0.3 is 6.61 Å². The van der Waals surface area contributed by atoms with Gasteiger partial charge in [-0.1, -0.05) is 12.1 Å². The van der Waals surface area contributed by atoms with Crippen LogP contribution in [-0.4, -0.2) is 33.3 Å². The lowest BCUT2D eigenvalue weighted by Gasteiger charge is -2.14. The van der Waals surface area contributed by atoms with Gasteiger partial charge in [-0.3, -0.25) is 4.79 Å². The van der Waals surface area contributed by atoms with Crippen LogP contribution >= 0.6 is 0 Å². The van der Waals surface area contributed by atoms with Gasteiger partial charge in [0, 0.05) is 18.4 Å². The van der Waals surface area contributed by atoms with Gasteiger partial charge in [-0.25, -0.2) is 0 Å². The van der Waals surface area contributed by atoms with Crippen molar-refractivity contribution < 1.29 is 27.8 Å². The van der Waals surface area contributed by atoms with Gasteiger partial charge in [-0.15, -0.1) is 0 Å². The molecule has 2 aromatic rings. The standard InChI is InChI=1S/C18H19F2NO4/c1-23-10-9-17(22)21-13-5-8-16(25-18(19)20)15(11-13)12-3-6-14(24-2)7-4-12/h3-8,11,18H,9-10H2,1-2H3,(H,21,22). The SMILES string of the molecule is COCCC(=O)Nc1ccc(OC(F)F)c(-c2ccc(OC)cc2)c1. The topological polar surface area (TPSA) is 56.8 Å². The minimum Gasteiger partial charge on any atom is -0.497 e. The van der Waals surface area contributed by atoms with Gasteiger partial charge in [-0.05, 0) is 35.9 Å². The highest BCUT2D eigenvalue weighted by molar-refractivity contribution is 5.92. The second-order valence-electron chi connectivity index (χ2n) is 5.11. The summed E-state index contributed by atoms with van der Waals surface area (Å²) in [7, 11) is 3.04. The molecule has 0 heterocycles.